The van der Waals surface area contributed by atoms with Crippen molar-refractivity contribution in [3.05, 3.63) is 163 Å². The van der Waals surface area contributed by atoms with Gasteiger partial charge in [-0.2, -0.15) is 10.5 Å². The highest BCUT2D eigenvalue weighted by Gasteiger charge is 2.20. The Balaban J connectivity index is 1.30. The highest BCUT2D eigenvalue weighted by Crippen LogP contribution is 2.40. The van der Waals surface area contributed by atoms with Crippen LogP contribution in [0.15, 0.2) is 152 Å². The second-order valence-electron chi connectivity index (χ2n) is 12.5. The summed E-state index contributed by atoms with van der Waals surface area (Å²) in [5, 5.41) is 26.2. The van der Waals surface area contributed by atoms with Gasteiger partial charge < -0.3 is 13.7 Å². The quantitative estimate of drug-likeness (QED) is 0.197. The maximum absolute atomic E-state index is 9.90. The molecule has 0 bridgehead atoms. The molecule has 3 aromatic heterocycles. The highest BCUT2D eigenvalue weighted by molar-refractivity contribution is 6.19. The standard InChI is InChI=1S/C44H25N5/c45-26-28-17-19-41-35(21-28)33-13-4-7-16-40(33)48(41)31-11-8-12-32(23-31)49-42-20-18-29(27-46)22-36(42)38-24-37-34-14-5-6-15-39(34)47(43(37)25-44(38)49)30-9-2-1-3-10-30/h1-25H. The zero-order valence-corrected chi connectivity index (χ0v) is 26.2. The van der Waals surface area contributed by atoms with E-state index in [1.54, 1.807) is 0 Å². The molecule has 0 unspecified atom stereocenters. The lowest BCUT2D eigenvalue weighted by Gasteiger charge is -2.13. The monoisotopic (exact) mass is 623 g/mol. The van der Waals surface area contributed by atoms with Gasteiger partial charge in [0.1, 0.15) is 0 Å². The van der Waals surface area contributed by atoms with Crippen molar-refractivity contribution in [3.8, 4) is 29.2 Å². The van der Waals surface area contributed by atoms with E-state index in [4.69, 9.17) is 0 Å². The molecule has 5 heteroatoms. The molecule has 0 saturated heterocycles. The molecule has 3 heterocycles. The van der Waals surface area contributed by atoms with Crippen LogP contribution in [0.5, 0.6) is 0 Å². The van der Waals surface area contributed by atoms with Crippen molar-refractivity contribution in [1.29, 1.82) is 10.5 Å². The molecule has 0 fully saturated rings. The SMILES string of the molecule is N#Cc1ccc2c(c1)c1ccccc1n2-c1cccc(-n2c3ccc(C#N)cc3c3cc4c5ccccc5n(-c5ccccc5)c4cc32)c1. The number of rotatable bonds is 3. The molecule has 49 heavy (non-hydrogen) atoms. The molecule has 0 radical (unpaired) electrons. The first-order valence-corrected chi connectivity index (χ1v) is 16.2. The van der Waals surface area contributed by atoms with Crippen molar-refractivity contribution < 1.29 is 0 Å². The smallest absolute Gasteiger partial charge is 0.0991 e. The number of benzene rings is 7. The zero-order valence-electron chi connectivity index (χ0n) is 26.2. The number of hydrogen-bond donors (Lipinski definition) is 0. The number of nitriles is 2. The lowest BCUT2D eigenvalue weighted by molar-refractivity contribution is 1.13. The lowest BCUT2D eigenvalue weighted by atomic mass is 10.1. The van der Waals surface area contributed by atoms with E-state index in [1.165, 1.54) is 10.8 Å². The summed E-state index contributed by atoms with van der Waals surface area (Å²) in [7, 11) is 0. The topological polar surface area (TPSA) is 62.4 Å². The minimum absolute atomic E-state index is 0.633. The Morgan fingerprint density at radius 1 is 0.306 bits per heavy atom. The van der Waals surface area contributed by atoms with Gasteiger partial charge in [-0.15, -0.1) is 0 Å². The summed E-state index contributed by atoms with van der Waals surface area (Å²) < 4.78 is 6.95. The van der Waals surface area contributed by atoms with Crippen LogP contribution in [0.2, 0.25) is 0 Å². The molecule has 5 nitrogen and oxygen atoms in total. The van der Waals surface area contributed by atoms with Crippen molar-refractivity contribution in [2.75, 3.05) is 0 Å². The average molecular weight is 624 g/mol. The van der Waals surface area contributed by atoms with Crippen molar-refractivity contribution in [3.63, 3.8) is 0 Å². The third-order valence-electron chi connectivity index (χ3n) is 9.85. The molecule has 0 saturated carbocycles. The van der Waals surface area contributed by atoms with Crippen LogP contribution in [0, 0.1) is 22.7 Å². The van der Waals surface area contributed by atoms with Gasteiger partial charge in [0.25, 0.3) is 0 Å². The minimum atomic E-state index is 0.633. The van der Waals surface area contributed by atoms with Crippen LogP contribution in [-0.4, -0.2) is 13.7 Å². The summed E-state index contributed by atoms with van der Waals surface area (Å²) in [6.45, 7) is 0. The summed E-state index contributed by atoms with van der Waals surface area (Å²) in [4.78, 5) is 0. The molecule has 0 spiro atoms. The Hall–Kier alpha value is -7.08. The largest absolute Gasteiger partial charge is 0.309 e. The van der Waals surface area contributed by atoms with Crippen LogP contribution < -0.4 is 0 Å². The van der Waals surface area contributed by atoms with E-state index in [-0.39, 0.29) is 0 Å². The number of hydrogen-bond acceptors (Lipinski definition) is 2. The highest BCUT2D eigenvalue weighted by atomic mass is 15.0. The molecule has 226 valence electrons. The fraction of sp³-hybridized carbons (Fsp3) is 0. The first-order valence-electron chi connectivity index (χ1n) is 16.2. The number of aromatic nitrogens is 3. The van der Waals surface area contributed by atoms with Gasteiger partial charge in [-0.05, 0) is 91.0 Å². The normalized spacial score (nSPS) is 11.6. The minimum Gasteiger partial charge on any atom is -0.309 e. The predicted molar refractivity (Wildman–Crippen MR) is 199 cm³/mol. The maximum atomic E-state index is 9.90. The van der Waals surface area contributed by atoms with Crippen LogP contribution in [0.4, 0.5) is 0 Å². The maximum Gasteiger partial charge on any atom is 0.0991 e. The summed E-state index contributed by atoms with van der Waals surface area (Å²) in [6.07, 6.45) is 0. The molecule has 0 amide bonds. The predicted octanol–water partition coefficient (Wildman–Crippen LogP) is 10.7. The van der Waals surface area contributed by atoms with Crippen LogP contribution >= 0.6 is 0 Å². The summed E-state index contributed by atoms with van der Waals surface area (Å²) in [5.41, 5.74) is 10.9. The van der Waals surface area contributed by atoms with Crippen LogP contribution in [-0.2, 0) is 0 Å². The van der Waals surface area contributed by atoms with E-state index >= 15 is 0 Å². The third-order valence-corrected chi connectivity index (χ3v) is 9.85. The number of para-hydroxylation sites is 3. The molecule has 7 aromatic carbocycles. The van der Waals surface area contributed by atoms with Crippen molar-refractivity contribution in [2.24, 2.45) is 0 Å². The first kappa shape index (κ1) is 27.1. The van der Waals surface area contributed by atoms with E-state index in [1.807, 2.05) is 42.5 Å². The fourth-order valence-corrected chi connectivity index (χ4v) is 7.78. The number of nitrogens with zero attached hydrogens (tertiary/aromatic N) is 5. The molecule has 0 atom stereocenters. The molecular weight excluding hydrogens is 599 g/mol. The Kier molecular flexibility index (Phi) is 5.64. The summed E-state index contributed by atoms with van der Waals surface area (Å²) in [5.74, 6) is 0. The molecule has 10 rings (SSSR count). The van der Waals surface area contributed by atoms with E-state index < -0.39 is 0 Å². The van der Waals surface area contributed by atoms with Crippen molar-refractivity contribution >= 4 is 65.4 Å². The van der Waals surface area contributed by atoms with Gasteiger partial charge in [0.05, 0.1) is 56.4 Å². The van der Waals surface area contributed by atoms with Crippen molar-refractivity contribution in [2.45, 2.75) is 0 Å². The number of fused-ring (bicyclic) bond motifs is 9. The third kappa shape index (κ3) is 3.85. The van der Waals surface area contributed by atoms with Gasteiger partial charge in [0.15, 0.2) is 0 Å². The zero-order chi connectivity index (χ0) is 32.6. The Morgan fingerprint density at radius 3 is 1.33 bits per heavy atom. The Morgan fingerprint density at radius 2 is 0.735 bits per heavy atom. The van der Waals surface area contributed by atoms with Crippen LogP contribution in [0.25, 0.3) is 82.5 Å². The molecule has 10 aromatic rings. The van der Waals surface area contributed by atoms with E-state index in [9.17, 15) is 10.5 Å². The molecule has 0 aliphatic heterocycles. The van der Waals surface area contributed by atoms with Gasteiger partial charge in [-0.25, -0.2) is 0 Å². The van der Waals surface area contributed by atoms with E-state index in [0.717, 1.165) is 71.7 Å². The molecular formula is C44H25N5. The van der Waals surface area contributed by atoms with E-state index in [0.29, 0.717) is 11.1 Å². The second kappa shape index (κ2) is 10.2. The average Bonchev–Trinajstić information content (AvgIpc) is 3.78. The summed E-state index contributed by atoms with van der Waals surface area (Å²) in [6, 6.07) is 57.2. The van der Waals surface area contributed by atoms with Gasteiger partial charge >= 0.3 is 0 Å². The van der Waals surface area contributed by atoms with Gasteiger partial charge in [0, 0.05) is 49.4 Å². The molecule has 0 N–H and O–H groups in total. The van der Waals surface area contributed by atoms with Gasteiger partial charge in [0.2, 0.25) is 0 Å². The Bertz CT molecular complexity index is 3070. The van der Waals surface area contributed by atoms with Crippen LogP contribution in [0.3, 0.4) is 0 Å². The van der Waals surface area contributed by atoms with Crippen LogP contribution in [0.1, 0.15) is 11.1 Å². The lowest BCUT2D eigenvalue weighted by Crippen LogP contribution is -1.99. The van der Waals surface area contributed by atoms with Gasteiger partial charge in [-0.3, -0.25) is 0 Å². The first-order chi connectivity index (χ1) is 24.2. The van der Waals surface area contributed by atoms with Crippen molar-refractivity contribution in [1.82, 2.24) is 13.7 Å². The van der Waals surface area contributed by atoms with Gasteiger partial charge in [-0.1, -0.05) is 60.7 Å². The molecule has 0 aliphatic carbocycles. The summed E-state index contributed by atoms with van der Waals surface area (Å²) >= 11 is 0. The molecule has 0 aliphatic rings. The fourth-order valence-electron chi connectivity index (χ4n) is 7.78. The Labute approximate surface area is 280 Å². The van der Waals surface area contributed by atoms with E-state index in [2.05, 4.69) is 135 Å². The second-order valence-corrected chi connectivity index (χ2v) is 12.5.